The van der Waals surface area contributed by atoms with E-state index in [0.29, 0.717) is 125 Å². The van der Waals surface area contributed by atoms with Crippen LogP contribution in [0.15, 0.2) is 60.7 Å². The second-order valence-electron chi connectivity index (χ2n) is 15.7. The van der Waals surface area contributed by atoms with Gasteiger partial charge >= 0.3 is 11.9 Å². The molecule has 0 saturated heterocycles. The van der Waals surface area contributed by atoms with Gasteiger partial charge in [-0.2, -0.15) is 0 Å². The lowest BCUT2D eigenvalue weighted by Gasteiger charge is -2.23. The van der Waals surface area contributed by atoms with Gasteiger partial charge in [0.25, 0.3) is 0 Å². The first-order valence-corrected chi connectivity index (χ1v) is 22.6. The largest absolute Gasteiger partial charge is 0.491 e. The molecule has 12 bridgehead atoms. The molecule has 356 valence electrons. The Kier molecular flexibility index (Phi) is 19.3. The summed E-state index contributed by atoms with van der Waals surface area (Å²) >= 11 is 0. The molecule has 0 radical (unpaired) electrons. The molecular weight excluding hydrogens is 857 g/mol. The van der Waals surface area contributed by atoms with Crippen LogP contribution in [0.1, 0.15) is 65.2 Å². The van der Waals surface area contributed by atoms with Crippen LogP contribution in [0.25, 0.3) is 0 Å². The van der Waals surface area contributed by atoms with Crippen LogP contribution in [0.4, 0.5) is 0 Å². The van der Waals surface area contributed by atoms with Gasteiger partial charge in [-0.1, -0.05) is 36.4 Å². The number of benzene rings is 4. The quantitative estimate of drug-likeness (QED) is 0.228. The lowest BCUT2D eigenvalue weighted by Crippen LogP contribution is -2.15. The molecule has 0 saturated carbocycles. The highest BCUT2D eigenvalue weighted by atomic mass is 16.6. The Morgan fingerprint density at radius 2 is 0.500 bits per heavy atom. The third-order valence-corrected chi connectivity index (χ3v) is 11.0. The number of carboxylic acids is 2. The highest BCUT2D eigenvalue weighted by molar-refractivity contribution is 5.89. The Morgan fingerprint density at radius 3 is 0.712 bits per heavy atom. The molecule has 4 aromatic carbocycles. The van der Waals surface area contributed by atoms with Crippen LogP contribution >= 0.6 is 0 Å². The van der Waals surface area contributed by atoms with Gasteiger partial charge in [-0.3, -0.25) is 0 Å². The van der Waals surface area contributed by atoms with Crippen molar-refractivity contribution in [2.75, 3.05) is 132 Å². The minimum Gasteiger partial charge on any atom is -0.491 e. The van der Waals surface area contributed by atoms with Crippen molar-refractivity contribution in [1.82, 2.24) is 0 Å². The van der Waals surface area contributed by atoms with Crippen molar-refractivity contribution >= 4 is 11.9 Å². The van der Waals surface area contributed by atoms with E-state index >= 15 is 0 Å². The summed E-state index contributed by atoms with van der Waals surface area (Å²) < 4.78 is 72.9. The first-order valence-electron chi connectivity index (χ1n) is 22.6. The standard InChI is InChI=1S/C50H60O16/c51-49(52)43-31-39-27-35-3-1-4-36-28-40-32-44(50(53)54)34-42-30-38-6-2-5-37(46(38)64-24-20-60-16-12-56-8-7-55-11-15-59-19-23-63-45(35)36)29-41(33-43)47(39)65-25-21-61-17-13-57-9-10-58-14-18-62-22-26-66-48(40)42/h1-6,31-34H,7-30H2,(H,51,52)(H,53,54). The molecule has 1 aliphatic carbocycles. The average Bonchev–Trinajstić information content (AvgIpc) is 3.30. The van der Waals surface area contributed by atoms with Crippen molar-refractivity contribution in [2.45, 2.75) is 25.7 Å². The van der Waals surface area contributed by atoms with Gasteiger partial charge in [-0.15, -0.1) is 0 Å². The summed E-state index contributed by atoms with van der Waals surface area (Å²) in [5.41, 5.74) is 5.71. The summed E-state index contributed by atoms with van der Waals surface area (Å²) in [6.45, 7) is 6.19. The van der Waals surface area contributed by atoms with Gasteiger partial charge < -0.3 is 67.1 Å². The molecule has 0 unspecified atom stereocenters. The summed E-state index contributed by atoms with van der Waals surface area (Å²) in [6.07, 6.45) is 0.897. The lowest BCUT2D eigenvalue weighted by atomic mass is 9.89. The van der Waals surface area contributed by atoms with Crippen LogP contribution in [-0.2, 0) is 63.6 Å². The molecule has 66 heavy (non-hydrogen) atoms. The molecule has 2 heterocycles. The van der Waals surface area contributed by atoms with Crippen molar-refractivity contribution in [3.05, 3.63) is 116 Å². The summed E-state index contributed by atoms with van der Waals surface area (Å²) in [6, 6.07) is 18.2. The van der Waals surface area contributed by atoms with Crippen molar-refractivity contribution in [3.63, 3.8) is 0 Å². The van der Waals surface area contributed by atoms with Gasteiger partial charge in [-0.25, -0.2) is 9.59 Å². The van der Waals surface area contributed by atoms with E-state index in [1.807, 2.05) is 36.4 Å². The number of ether oxygens (including phenoxy) is 12. The predicted molar refractivity (Wildman–Crippen MR) is 239 cm³/mol. The Morgan fingerprint density at radius 1 is 0.303 bits per heavy atom. The maximum atomic E-state index is 12.9. The number of hydrogen-bond donors (Lipinski definition) is 2. The number of hydrogen-bond acceptors (Lipinski definition) is 14. The van der Waals surface area contributed by atoms with Gasteiger partial charge in [0.15, 0.2) is 0 Å². The first kappa shape index (κ1) is 48.6. The van der Waals surface area contributed by atoms with E-state index in [9.17, 15) is 19.8 Å². The summed E-state index contributed by atoms with van der Waals surface area (Å²) in [5.74, 6) is -0.0324. The summed E-state index contributed by atoms with van der Waals surface area (Å²) in [7, 11) is 0. The van der Waals surface area contributed by atoms with Crippen molar-refractivity contribution < 1.29 is 76.6 Å². The third kappa shape index (κ3) is 14.3. The van der Waals surface area contributed by atoms with Gasteiger partial charge in [0.2, 0.25) is 0 Å². The Labute approximate surface area is 384 Å². The predicted octanol–water partition coefficient (Wildman–Crippen LogP) is 5.43. The van der Waals surface area contributed by atoms with E-state index in [4.69, 9.17) is 56.8 Å². The fourth-order valence-corrected chi connectivity index (χ4v) is 8.01. The maximum Gasteiger partial charge on any atom is 0.335 e. The Hall–Kier alpha value is -5.30. The van der Waals surface area contributed by atoms with E-state index < -0.39 is 11.9 Å². The van der Waals surface area contributed by atoms with Crippen LogP contribution in [0.5, 0.6) is 23.0 Å². The van der Waals surface area contributed by atoms with Crippen LogP contribution < -0.4 is 18.9 Å². The molecule has 16 heteroatoms. The molecule has 0 fully saturated rings. The molecule has 0 aromatic heterocycles. The minimum absolute atomic E-state index is 0.0950. The zero-order valence-corrected chi connectivity index (χ0v) is 37.4. The number of rotatable bonds is 2. The Bertz CT molecular complexity index is 1950. The molecule has 0 spiro atoms. The minimum atomic E-state index is -1.09. The van der Waals surface area contributed by atoms with E-state index in [1.54, 1.807) is 24.3 Å². The monoisotopic (exact) mass is 916 g/mol. The van der Waals surface area contributed by atoms with Crippen LogP contribution in [-0.4, -0.2) is 154 Å². The number of carboxylic acid groups (broad SMARTS) is 2. The number of carbonyl (C=O) groups is 2. The van der Waals surface area contributed by atoms with Gasteiger partial charge in [-0.05, 0) is 68.8 Å². The van der Waals surface area contributed by atoms with Crippen molar-refractivity contribution in [1.29, 1.82) is 0 Å². The fraction of sp³-hybridized carbons (Fsp3) is 0.480. The summed E-state index contributed by atoms with van der Waals surface area (Å²) in [5, 5.41) is 21.1. The smallest absolute Gasteiger partial charge is 0.335 e. The van der Waals surface area contributed by atoms with E-state index in [-0.39, 0.29) is 89.7 Å². The average molecular weight is 917 g/mol. The molecule has 2 aliphatic heterocycles. The van der Waals surface area contributed by atoms with Crippen molar-refractivity contribution in [3.8, 4) is 23.0 Å². The topological polar surface area (TPSA) is 185 Å². The molecular formula is C50H60O16. The second-order valence-corrected chi connectivity index (χ2v) is 15.7. The number of para-hydroxylation sites is 2. The zero-order chi connectivity index (χ0) is 45.8. The molecule has 7 rings (SSSR count). The first-order chi connectivity index (χ1) is 32.4. The normalized spacial score (nSPS) is 18.3. The molecule has 2 N–H and O–H groups in total. The molecule has 0 atom stereocenters. The highest BCUT2D eigenvalue weighted by Crippen LogP contribution is 2.40. The van der Waals surface area contributed by atoms with E-state index in [0.717, 1.165) is 22.3 Å². The van der Waals surface area contributed by atoms with Gasteiger partial charge in [0, 0.05) is 25.7 Å². The van der Waals surface area contributed by atoms with Gasteiger partial charge in [0.1, 0.15) is 49.4 Å². The summed E-state index contributed by atoms with van der Waals surface area (Å²) in [4.78, 5) is 25.8. The van der Waals surface area contributed by atoms with E-state index in [2.05, 4.69) is 0 Å². The van der Waals surface area contributed by atoms with Crippen molar-refractivity contribution in [2.24, 2.45) is 0 Å². The van der Waals surface area contributed by atoms with E-state index in [1.165, 1.54) is 0 Å². The molecule has 3 aliphatic rings. The van der Waals surface area contributed by atoms with Crippen LogP contribution in [0.2, 0.25) is 0 Å². The maximum absolute atomic E-state index is 12.9. The SMILES string of the molecule is O=C(O)c1cc2c3c(c1)Cc1cccc4c1OCCOCCOCCOCCOCCOc1c(cccc1Cc1cc(C(=O)O)cc(c1OCCOCCOCCOCCOCCO3)C4)C2. The fourth-order valence-electron chi connectivity index (χ4n) is 8.01. The van der Waals surface area contributed by atoms with Crippen LogP contribution in [0, 0.1) is 0 Å². The molecule has 16 nitrogen and oxygen atoms in total. The zero-order valence-electron chi connectivity index (χ0n) is 37.4. The second kappa shape index (κ2) is 26.1. The highest BCUT2D eigenvalue weighted by Gasteiger charge is 2.25. The molecule has 4 aromatic rings. The Balaban J connectivity index is 1.42. The third-order valence-electron chi connectivity index (χ3n) is 11.0. The number of aromatic carboxylic acids is 2. The van der Waals surface area contributed by atoms with Crippen LogP contribution in [0.3, 0.4) is 0 Å². The molecule has 0 amide bonds. The van der Waals surface area contributed by atoms with Gasteiger partial charge in [0.05, 0.1) is 117 Å². The lowest BCUT2D eigenvalue weighted by molar-refractivity contribution is -0.00706.